The number of para-hydroxylation sites is 2. The lowest BCUT2D eigenvalue weighted by molar-refractivity contribution is 0.0698. The minimum atomic E-state index is -1.03. The van der Waals surface area contributed by atoms with E-state index in [1.54, 1.807) is 42.5 Å². The summed E-state index contributed by atoms with van der Waals surface area (Å²) in [6.07, 6.45) is 1.44. The van der Waals surface area contributed by atoms with Crippen molar-refractivity contribution in [2.75, 3.05) is 0 Å². The zero-order valence-electron chi connectivity index (χ0n) is 9.45. The van der Waals surface area contributed by atoms with E-state index >= 15 is 0 Å². The van der Waals surface area contributed by atoms with Crippen LogP contribution in [0, 0.1) is 0 Å². The van der Waals surface area contributed by atoms with E-state index in [0.717, 1.165) is 0 Å². The third kappa shape index (κ3) is 2.55. The molecule has 2 aromatic carbocycles. The Balaban J connectivity index is 2.35. The van der Waals surface area contributed by atoms with Gasteiger partial charge in [0.1, 0.15) is 5.75 Å². The summed E-state index contributed by atoms with van der Waals surface area (Å²) in [4.78, 5) is 15.1. The third-order valence-electron chi connectivity index (χ3n) is 2.41. The van der Waals surface area contributed by atoms with Crippen LogP contribution in [-0.4, -0.2) is 22.4 Å². The minimum absolute atomic E-state index is 0.106. The Morgan fingerprint density at radius 2 is 1.72 bits per heavy atom. The normalized spacial score (nSPS) is 10.7. The van der Waals surface area contributed by atoms with E-state index in [1.807, 2.05) is 0 Å². The molecule has 0 saturated carbocycles. The first kappa shape index (κ1) is 11.9. The predicted molar refractivity (Wildman–Crippen MR) is 68.8 cm³/mol. The quantitative estimate of drug-likeness (QED) is 0.812. The van der Waals surface area contributed by atoms with Crippen LogP contribution < -0.4 is 0 Å². The van der Waals surface area contributed by atoms with E-state index in [4.69, 9.17) is 5.11 Å². The fourth-order valence-corrected chi connectivity index (χ4v) is 1.50. The largest absolute Gasteiger partial charge is 0.507 e. The van der Waals surface area contributed by atoms with Gasteiger partial charge in [-0.15, -0.1) is 0 Å². The first-order valence-electron chi connectivity index (χ1n) is 5.33. The van der Waals surface area contributed by atoms with E-state index in [2.05, 4.69) is 4.99 Å². The van der Waals surface area contributed by atoms with Gasteiger partial charge >= 0.3 is 5.97 Å². The number of aromatic hydroxyl groups is 1. The highest BCUT2D eigenvalue weighted by molar-refractivity contribution is 5.95. The van der Waals surface area contributed by atoms with E-state index in [-0.39, 0.29) is 11.3 Å². The average molecular weight is 241 g/mol. The third-order valence-corrected chi connectivity index (χ3v) is 2.41. The lowest BCUT2D eigenvalue weighted by Gasteiger charge is -2.00. The SMILES string of the molecule is O=C(O)c1ccccc1N=Cc1ccccc1O. The molecule has 0 unspecified atom stereocenters. The van der Waals surface area contributed by atoms with Gasteiger partial charge in [0.2, 0.25) is 0 Å². The van der Waals surface area contributed by atoms with Crippen molar-refractivity contribution in [3.05, 3.63) is 59.7 Å². The summed E-state index contributed by atoms with van der Waals surface area (Å²) in [7, 11) is 0. The van der Waals surface area contributed by atoms with Crippen LogP contribution >= 0.6 is 0 Å². The topological polar surface area (TPSA) is 69.9 Å². The van der Waals surface area contributed by atoms with Crippen LogP contribution in [0.5, 0.6) is 5.75 Å². The number of rotatable bonds is 3. The number of carboxylic acids is 1. The molecule has 0 saturated heterocycles. The van der Waals surface area contributed by atoms with Crippen LogP contribution in [0.15, 0.2) is 53.5 Å². The fraction of sp³-hybridized carbons (Fsp3) is 0. The number of benzene rings is 2. The highest BCUT2D eigenvalue weighted by Crippen LogP contribution is 2.20. The van der Waals surface area contributed by atoms with Crippen molar-refractivity contribution < 1.29 is 15.0 Å². The first-order valence-corrected chi connectivity index (χ1v) is 5.33. The van der Waals surface area contributed by atoms with Crippen LogP contribution in [0.1, 0.15) is 15.9 Å². The Morgan fingerprint density at radius 3 is 2.44 bits per heavy atom. The summed E-state index contributed by atoms with van der Waals surface area (Å²) in [6, 6.07) is 13.2. The summed E-state index contributed by atoms with van der Waals surface area (Å²) >= 11 is 0. The zero-order valence-corrected chi connectivity index (χ0v) is 9.45. The van der Waals surface area contributed by atoms with Gasteiger partial charge in [-0.1, -0.05) is 24.3 Å². The molecule has 4 heteroatoms. The molecule has 0 fully saturated rings. The summed E-state index contributed by atoms with van der Waals surface area (Å²) in [5, 5.41) is 18.6. The van der Waals surface area contributed by atoms with Crippen LogP contribution in [0.4, 0.5) is 5.69 Å². The van der Waals surface area contributed by atoms with Gasteiger partial charge in [-0.3, -0.25) is 4.99 Å². The maximum absolute atomic E-state index is 11.0. The summed E-state index contributed by atoms with van der Waals surface area (Å²) < 4.78 is 0. The van der Waals surface area contributed by atoms with Crippen molar-refractivity contribution in [2.45, 2.75) is 0 Å². The molecule has 0 bridgehead atoms. The number of carbonyl (C=O) groups is 1. The van der Waals surface area contributed by atoms with Gasteiger partial charge in [-0.25, -0.2) is 4.79 Å². The molecule has 0 heterocycles. The van der Waals surface area contributed by atoms with Gasteiger partial charge in [0.05, 0.1) is 11.3 Å². The van der Waals surface area contributed by atoms with Crippen molar-refractivity contribution in [2.24, 2.45) is 4.99 Å². The van der Waals surface area contributed by atoms with Gasteiger partial charge in [-0.2, -0.15) is 0 Å². The number of nitrogens with zero attached hydrogens (tertiary/aromatic N) is 1. The lowest BCUT2D eigenvalue weighted by atomic mass is 10.2. The maximum atomic E-state index is 11.0. The van der Waals surface area contributed by atoms with Crippen LogP contribution in [0.25, 0.3) is 0 Å². The van der Waals surface area contributed by atoms with Crippen LogP contribution in [-0.2, 0) is 0 Å². The number of hydrogen-bond acceptors (Lipinski definition) is 3. The molecule has 0 atom stereocenters. The Hall–Kier alpha value is -2.62. The molecule has 0 aliphatic carbocycles. The monoisotopic (exact) mass is 241 g/mol. The van der Waals surface area contributed by atoms with Gasteiger partial charge in [-0.05, 0) is 24.3 Å². The number of phenols is 1. The van der Waals surface area contributed by atoms with Gasteiger partial charge in [0.25, 0.3) is 0 Å². The smallest absolute Gasteiger partial charge is 0.337 e. The standard InChI is InChI=1S/C14H11NO3/c16-13-8-4-1-5-10(13)9-15-12-7-3-2-6-11(12)14(17)18/h1-9,16H,(H,17,18). The van der Waals surface area contributed by atoms with Crippen LogP contribution in [0.3, 0.4) is 0 Å². The summed E-state index contributed by atoms with van der Waals surface area (Å²) in [5.41, 5.74) is 1.02. The van der Waals surface area contributed by atoms with Crippen LogP contribution in [0.2, 0.25) is 0 Å². The highest BCUT2D eigenvalue weighted by atomic mass is 16.4. The van der Waals surface area contributed by atoms with Crippen molar-refractivity contribution in [1.82, 2.24) is 0 Å². The Morgan fingerprint density at radius 1 is 1.06 bits per heavy atom. The summed E-state index contributed by atoms with van der Waals surface area (Å²) in [5.74, 6) is -0.922. The van der Waals surface area contributed by atoms with Crippen molar-refractivity contribution in [3.8, 4) is 5.75 Å². The highest BCUT2D eigenvalue weighted by Gasteiger charge is 2.07. The Labute approximate surface area is 104 Å². The molecule has 18 heavy (non-hydrogen) atoms. The van der Waals surface area contributed by atoms with Gasteiger partial charge in [0, 0.05) is 11.8 Å². The molecule has 2 rings (SSSR count). The second-order valence-corrected chi connectivity index (χ2v) is 3.64. The molecule has 0 aliphatic heterocycles. The molecule has 0 radical (unpaired) electrons. The average Bonchev–Trinajstić information content (AvgIpc) is 2.38. The predicted octanol–water partition coefficient (Wildman–Crippen LogP) is 2.84. The summed E-state index contributed by atoms with van der Waals surface area (Å²) in [6.45, 7) is 0. The molecule has 0 aliphatic rings. The fourth-order valence-electron chi connectivity index (χ4n) is 1.50. The van der Waals surface area contributed by atoms with Crippen molar-refractivity contribution in [3.63, 3.8) is 0 Å². The van der Waals surface area contributed by atoms with E-state index < -0.39 is 5.97 Å². The molecule has 90 valence electrons. The number of carboxylic acid groups (broad SMARTS) is 1. The molecule has 0 amide bonds. The lowest BCUT2D eigenvalue weighted by Crippen LogP contribution is -1.96. The molecular formula is C14H11NO3. The molecule has 0 aromatic heterocycles. The molecule has 2 aromatic rings. The van der Waals surface area contributed by atoms with Gasteiger partial charge in [0.15, 0.2) is 0 Å². The molecule has 4 nitrogen and oxygen atoms in total. The van der Waals surface area contributed by atoms with Crippen molar-refractivity contribution in [1.29, 1.82) is 0 Å². The molecular weight excluding hydrogens is 230 g/mol. The molecule has 2 N–H and O–H groups in total. The van der Waals surface area contributed by atoms with Crippen molar-refractivity contribution >= 4 is 17.9 Å². The number of phenolic OH excluding ortho intramolecular Hbond substituents is 1. The first-order chi connectivity index (χ1) is 8.68. The minimum Gasteiger partial charge on any atom is -0.507 e. The second kappa shape index (κ2) is 5.14. The zero-order chi connectivity index (χ0) is 13.0. The van der Waals surface area contributed by atoms with E-state index in [9.17, 15) is 9.90 Å². The van der Waals surface area contributed by atoms with E-state index in [0.29, 0.717) is 11.3 Å². The second-order valence-electron chi connectivity index (χ2n) is 3.64. The Kier molecular flexibility index (Phi) is 3.38. The number of hydrogen-bond donors (Lipinski definition) is 2. The van der Waals surface area contributed by atoms with E-state index in [1.165, 1.54) is 12.3 Å². The van der Waals surface area contributed by atoms with Gasteiger partial charge < -0.3 is 10.2 Å². The maximum Gasteiger partial charge on any atom is 0.337 e. The Bertz CT molecular complexity index is 605. The number of aliphatic imine (C=N–C) groups is 1. The molecule has 0 spiro atoms. The number of aromatic carboxylic acids is 1.